The van der Waals surface area contributed by atoms with Gasteiger partial charge in [0.15, 0.2) is 6.10 Å². The number of esters is 3. The van der Waals surface area contributed by atoms with E-state index < -0.39 is 12.1 Å². The number of carbonyl (C=O) groups is 3. The number of hydrogen-bond acceptors (Lipinski definition) is 6. The molecule has 66 heavy (non-hydrogen) atoms. The molecule has 0 radical (unpaired) electrons. The Labute approximate surface area is 406 Å². The smallest absolute Gasteiger partial charge is 0.310 e. The predicted octanol–water partition coefficient (Wildman–Crippen LogP) is 17.9. The summed E-state index contributed by atoms with van der Waals surface area (Å²) in [4.78, 5) is 38.0. The molecule has 0 aliphatic carbocycles. The van der Waals surface area contributed by atoms with Crippen molar-refractivity contribution in [1.82, 2.24) is 0 Å². The molecule has 0 aliphatic rings. The van der Waals surface area contributed by atoms with Gasteiger partial charge in [-0.3, -0.25) is 14.4 Å². The highest BCUT2D eigenvalue weighted by molar-refractivity contribution is 5.72. The number of hydrogen-bond donors (Lipinski definition) is 0. The largest absolute Gasteiger partial charge is 0.462 e. The molecule has 0 fully saturated rings. The van der Waals surface area contributed by atoms with Gasteiger partial charge >= 0.3 is 17.9 Å². The van der Waals surface area contributed by atoms with Crippen molar-refractivity contribution in [3.63, 3.8) is 0 Å². The summed E-state index contributed by atoms with van der Waals surface area (Å²) in [7, 11) is 0. The van der Waals surface area contributed by atoms with Crippen molar-refractivity contribution in [3.8, 4) is 0 Å². The van der Waals surface area contributed by atoms with Gasteiger partial charge in [0.1, 0.15) is 13.2 Å². The highest BCUT2D eigenvalue weighted by Gasteiger charge is 2.19. The first-order valence-corrected chi connectivity index (χ1v) is 26.9. The van der Waals surface area contributed by atoms with E-state index in [1.165, 1.54) is 83.5 Å². The molecule has 0 saturated heterocycles. The first-order chi connectivity index (χ1) is 32.5. The van der Waals surface area contributed by atoms with E-state index >= 15 is 0 Å². The Bertz CT molecular complexity index is 1370. The summed E-state index contributed by atoms with van der Waals surface area (Å²) in [5.74, 6) is -1.08. The molecule has 0 rings (SSSR count). The topological polar surface area (TPSA) is 78.9 Å². The number of rotatable bonds is 47. The summed E-state index contributed by atoms with van der Waals surface area (Å²) < 4.78 is 16.7. The van der Waals surface area contributed by atoms with E-state index in [0.29, 0.717) is 19.3 Å². The van der Waals surface area contributed by atoms with E-state index in [0.717, 1.165) is 103 Å². The summed E-state index contributed by atoms with van der Waals surface area (Å²) in [6.45, 7) is 6.37. The Morgan fingerprint density at radius 2 is 0.636 bits per heavy atom. The molecule has 0 aromatic heterocycles. The van der Waals surface area contributed by atoms with Gasteiger partial charge in [-0.1, -0.05) is 214 Å². The van der Waals surface area contributed by atoms with Crippen molar-refractivity contribution in [2.24, 2.45) is 0 Å². The minimum absolute atomic E-state index is 0.0888. The SMILES string of the molecule is CC/C=C\C/C=C\C/C=C\C/C=C\C/C=C\CC(=O)OC(COC(=O)CCCCCCC/C=C\C/C=C\CCCCC)COC(=O)CCCCCCCCC/C=C\C/C=C\CCCCCC. The van der Waals surface area contributed by atoms with Gasteiger partial charge < -0.3 is 14.2 Å². The Hall–Kier alpha value is -3.93. The van der Waals surface area contributed by atoms with Gasteiger partial charge in [0.2, 0.25) is 0 Å². The first-order valence-electron chi connectivity index (χ1n) is 26.9. The molecule has 0 saturated carbocycles. The van der Waals surface area contributed by atoms with Crippen LogP contribution < -0.4 is 0 Å². The number of unbranched alkanes of at least 4 members (excludes halogenated alkanes) is 19. The van der Waals surface area contributed by atoms with Crippen molar-refractivity contribution >= 4 is 17.9 Å². The Balaban J connectivity index is 4.54. The van der Waals surface area contributed by atoms with E-state index in [9.17, 15) is 14.4 Å². The maximum atomic E-state index is 12.8. The van der Waals surface area contributed by atoms with Crippen LogP contribution in [-0.4, -0.2) is 37.2 Å². The van der Waals surface area contributed by atoms with Crippen LogP contribution in [0, 0.1) is 0 Å². The van der Waals surface area contributed by atoms with Crippen LogP contribution in [0.15, 0.2) is 109 Å². The van der Waals surface area contributed by atoms with Crippen LogP contribution in [0.2, 0.25) is 0 Å². The van der Waals surface area contributed by atoms with Crippen LogP contribution in [0.4, 0.5) is 0 Å². The van der Waals surface area contributed by atoms with Gasteiger partial charge in [0.05, 0.1) is 6.42 Å². The average Bonchev–Trinajstić information content (AvgIpc) is 3.31. The van der Waals surface area contributed by atoms with Gasteiger partial charge in [-0.05, 0) is 109 Å². The van der Waals surface area contributed by atoms with Crippen LogP contribution in [0.3, 0.4) is 0 Å². The molecular formula is C60H98O6. The van der Waals surface area contributed by atoms with E-state index in [1.807, 2.05) is 6.08 Å². The fourth-order valence-corrected chi connectivity index (χ4v) is 6.99. The van der Waals surface area contributed by atoms with Crippen molar-refractivity contribution in [2.45, 2.75) is 239 Å². The van der Waals surface area contributed by atoms with Crippen molar-refractivity contribution < 1.29 is 28.6 Å². The van der Waals surface area contributed by atoms with E-state index in [4.69, 9.17) is 14.2 Å². The Morgan fingerprint density at radius 1 is 0.333 bits per heavy atom. The lowest BCUT2D eigenvalue weighted by Gasteiger charge is -2.18. The van der Waals surface area contributed by atoms with Crippen LogP contribution in [-0.2, 0) is 28.6 Å². The molecular weight excluding hydrogens is 817 g/mol. The predicted molar refractivity (Wildman–Crippen MR) is 283 cm³/mol. The van der Waals surface area contributed by atoms with Crippen LogP contribution in [0.1, 0.15) is 233 Å². The second kappa shape index (κ2) is 53.7. The monoisotopic (exact) mass is 915 g/mol. The van der Waals surface area contributed by atoms with E-state index in [-0.39, 0.29) is 31.6 Å². The van der Waals surface area contributed by atoms with Crippen molar-refractivity contribution in [2.75, 3.05) is 13.2 Å². The molecule has 0 amide bonds. The third kappa shape index (κ3) is 51.1. The highest BCUT2D eigenvalue weighted by atomic mass is 16.6. The fraction of sp³-hybridized carbons (Fsp3) is 0.650. The zero-order valence-corrected chi connectivity index (χ0v) is 42.7. The Kier molecular flexibility index (Phi) is 50.5. The summed E-state index contributed by atoms with van der Waals surface area (Å²) >= 11 is 0. The Morgan fingerprint density at radius 3 is 1.03 bits per heavy atom. The molecule has 374 valence electrons. The lowest BCUT2D eigenvalue weighted by Crippen LogP contribution is -2.30. The van der Waals surface area contributed by atoms with Crippen molar-refractivity contribution in [3.05, 3.63) is 109 Å². The zero-order valence-electron chi connectivity index (χ0n) is 42.7. The third-order valence-corrected chi connectivity index (χ3v) is 11.0. The maximum Gasteiger partial charge on any atom is 0.310 e. The van der Waals surface area contributed by atoms with Crippen LogP contribution >= 0.6 is 0 Å². The van der Waals surface area contributed by atoms with Crippen LogP contribution in [0.25, 0.3) is 0 Å². The maximum absolute atomic E-state index is 12.8. The molecule has 1 unspecified atom stereocenters. The molecule has 0 aromatic carbocycles. The minimum Gasteiger partial charge on any atom is -0.462 e. The lowest BCUT2D eigenvalue weighted by atomic mass is 10.1. The fourth-order valence-electron chi connectivity index (χ4n) is 6.99. The molecule has 6 heteroatoms. The number of carbonyl (C=O) groups excluding carboxylic acids is 3. The van der Waals surface area contributed by atoms with E-state index in [2.05, 4.69) is 118 Å². The normalized spacial score (nSPS) is 13.0. The van der Waals surface area contributed by atoms with Crippen LogP contribution in [0.5, 0.6) is 0 Å². The molecule has 0 aromatic rings. The summed E-state index contributed by atoms with van der Waals surface area (Å²) in [6, 6.07) is 0. The standard InChI is InChI=1S/C60H98O6/c1-4-7-10-13-16-19-22-25-28-29-30-33-35-38-41-44-47-50-53-59(62)65-56-57(66-60(63)54-51-48-45-42-39-36-32-27-24-21-18-15-12-9-6-3)55-64-58(61)52-49-46-43-40-37-34-31-26-23-20-17-14-11-8-5-2/h9,12,17-22,26-29,31-32,39,42,48,51,57H,4-8,10-11,13-16,23-25,30,33-38,40-41,43-47,49-50,52-56H2,1-3H3/b12-9-,20-17-,21-18-,22-19-,29-28-,31-26-,32-27-,42-39-,51-48-. The van der Waals surface area contributed by atoms with Gasteiger partial charge in [-0.2, -0.15) is 0 Å². The molecule has 0 bridgehead atoms. The zero-order chi connectivity index (χ0) is 47.9. The molecule has 0 N–H and O–H groups in total. The number of ether oxygens (including phenoxy) is 3. The molecule has 6 nitrogen and oxygen atoms in total. The quantitative estimate of drug-likeness (QED) is 0.0262. The molecule has 1 atom stereocenters. The van der Waals surface area contributed by atoms with E-state index in [1.54, 1.807) is 6.08 Å². The van der Waals surface area contributed by atoms with Gasteiger partial charge in [0, 0.05) is 12.8 Å². The summed E-state index contributed by atoms with van der Waals surface area (Å²) in [5, 5.41) is 0. The van der Waals surface area contributed by atoms with Gasteiger partial charge in [0.25, 0.3) is 0 Å². The van der Waals surface area contributed by atoms with Gasteiger partial charge in [-0.25, -0.2) is 0 Å². The minimum atomic E-state index is -0.843. The third-order valence-electron chi connectivity index (χ3n) is 11.0. The second-order valence-electron chi connectivity index (χ2n) is 17.4. The lowest BCUT2D eigenvalue weighted by molar-refractivity contribution is -0.166. The van der Waals surface area contributed by atoms with Crippen molar-refractivity contribution in [1.29, 1.82) is 0 Å². The molecule has 0 heterocycles. The number of allylic oxidation sites excluding steroid dienone is 17. The molecule has 0 aliphatic heterocycles. The van der Waals surface area contributed by atoms with Gasteiger partial charge in [-0.15, -0.1) is 0 Å². The second-order valence-corrected chi connectivity index (χ2v) is 17.4. The first kappa shape index (κ1) is 62.1. The molecule has 0 spiro atoms. The summed E-state index contributed by atoms with van der Waals surface area (Å²) in [6.07, 6.45) is 72.4. The highest BCUT2D eigenvalue weighted by Crippen LogP contribution is 2.13. The summed E-state index contributed by atoms with van der Waals surface area (Å²) in [5.41, 5.74) is 0. The average molecular weight is 915 g/mol.